The number of nitrogens with zero attached hydrogens (tertiary/aromatic N) is 4. The largest absolute Gasteiger partial charge is 0.272 e. The van der Waals surface area contributed by atoms with Crippen LogP contribution in [0.5, 0.6) is 0 Å². The van der Waals surface area contributed by atoms with Gasteiger partial charge in [0.05, 0.1) is 12.0 Å². The molecule has 0 saturated carbocycles. The third-order valence-corrected chi connectivity index (χ3v) is 6.40. The average Bonchev–Trinajstić information content (AvgIpc) is 3.27. The van der Waals surface area contributed by atoms with Crippen molar-refractivity contribution in [2.75, 3.05) is 5.75 Å². The van der Waals surface area contributed by atoms with E-state index in [1.807, 2.05) is 71.3 Å². The second kappa shape index (κ2) is 10.7. The van der Waals surface area contributed by atoms with Crippen molar-refractivity contribution in [2.24, 2.45) is 5.10 Å². The van der Waals surface area contributed by atoms with E-state index in [9.17, 15) is 4.79 Å². The number of hydrogen-bond acceptors (Lipinski definition) is 5. The molecule has 4 rings (SSSR count). The molecular formula is C28H29N5OS. The van der Waals surface area contributed by atoms with E-state index >= 15 is 0 Å². The Labute approximate surface area is 210 Å². The molecule has 7 heteroatoms. The molecule has 0 atom stereocenters. The van der Waals surface area contributed by atoms with Crippen LogP contribution in [0.1, 0.15) is 37.5 Å². The van der Waals surface area contributed by atoms with E-state index in [1.165, 1.54) is 22.9 Å². The summed E-state index contributed by atoms with van der Waals surface area (Å²) < 4.78 is 1.97. The first-order valence-electron chi connectivity index (χ1n) is 11.4. The molecule has 1 N–H and O–H groups in total. The van der Waals surface area contributed by atoms with Crippen LogP contribution in [0.25, 0.3) is 17.1 Å². The zero-order chi connectivity index (χ0) is 24.8. The maximum atomic E-state index is 12.5. The second-order valence-electron chi connectivity index (χ2n) is 9.30. The van der Waals surface area contributed by atoms with Crippen molar-refractivity contribution in [3.05, 3.63) is 95.6 Å². The highest BCUT2D eigenvalue weighted by atomic mass is 32.2. The Morgan fingerprint density at radius 1 is 0.971 bits per heavy atom. The molecule has 1 aromatic heterocycles. The van der Waals surface area contributed by atoms with Crippen LogP contribution in [0.2, 0.25) is 0 Å². The molecule has 1 heterocycles. The summed E-state index contributed by atoms with van der Waals surface area (Å²) in [6.45, 7) is 8.58. The van der Waals surface area contributed by atoms with Gasteiger partial charge in [-0.2, -0.15) is 5.10 Å². The standard InChI is InChI=1S/C28H29N5OS/c1-20-10-14-22(15-11-20)26-31-32-27(33(26)24-8-6-5-7-9-24)35-19-25(34)30-29-18-21-12-16-23(17-13-21)28(2,3)4/h5-18H,19H2,1-4H3,(H,30,34)/b29-18-. The van der Waals surface area contributed by atoms with Crippen molar-refractivity contribution in [2.45, 2.75) is 38.3 Å². The molecule has 0 spiro atoms. The lowest BCUT2D eigenvalue weighted by Gasteiger charge is -2.18. The Hall–Kier alpha value is -3.71. The first kappa shape index (κ1) is 24.4. The summed E-state index contributed by atoms with van der Waals surface area (Å²) in [6, 6.07) is 26.2. The minimum atomic E-state index is -0.211. The fourth-order valence-electron chi connectivity index (χ4n) is 3.47. The summed E-state index contributed by atoms with van der Waals surface area (Å²) >= 11 is 1.32. The van der Waals surface area contributed by atoms with Crippen LogP contribution in [0, 0.1) is 6.92 Å². The lowest BCUT2D eigenvalue weighted by molar-refractivity contribution is -0.118. The van der Waals surface area contributed by atoms with Gasteiger partial charge in [-0.1, -0.05) is 105 Å². The molecular weight excluding hydrogens is 454 g/mol. The summed E-state index contributed by atoms with van der Waals surface area (Å²) in [4.78, 5) is 12.5. The maximum Gasteiger partial charge on any atom is 0.250 e. The molecule has 0 unspecified atom stereocenters. The van der Waals surface area contributed by atoms with Gasteiger partial charge in [-0.25, -0.2) is 5.43 Å². The van der Waals surface area contributed by atoms with Gasteiger partial charge in [0.1, 0.15) is 0 Å². The molecule has 0 aliphatic carbocycles. The molecule has 0 aliphatic heterocycles. The van der Waals surface area contributed by atoms with Crippen molar-refractivity contribution < 1.29 is 4.79 Å². The fourth-order valence-corrected chi connectivity index (χ4v) is 4.22. The van der Waals surface area contributed by atoms with Crippen molar-refractivity contribution in [1.29, 1.82) is 0 Å². The molecule has 35 heavy (non-hydrogen) atoms. The number of carbonyl (C=O) groups excluding carboxylic acids is 1. The SMILES string of the molecule is Cc1ccc(-c2nnc(SCC(=O)N/N=C\c3ccc(C(C)(C)C)cc3)n2-c2ccccc2)cc1. The molecule has 0 saturated heterocycles. The van der Waals surface area contributed by atoms with Gasteiger partial charge in [0.25, 0.3) is 5.91 Å². The van der Waals surface area contributed by atoms with E-state index in [1.54, 1.807) is 6.21 Å². The predicted octanol–water partition coefficient (Wildman–Crippen LogP) is 5.78. The predicted molar refractivity (Wildman–Crippen MR) is 143 cm³/mol. The summed E-state index contributed by atoms with van der Waals surface area (Å²) in [5.74, 6) is 0.687. The number of nitrogens with one attached hydrogen (secondary N) is 1. The van der Waals surface area contributed by atoms with Gasteiger partial charge in [-0.15, -0.1) is 10.2 Å². The number of hydrazone groups is 1. The van der Waals surface area contributed by atoms with Gasteiger partial charge < -0.3 is 0 Å². The van der Waals surface area contributed by atoms with Gasteiger partial charge in [0, 0.05) is 11.3 Å². The Balaban J connectivity index is 1.44. The minimum Gasteiger partial charge on any atom is -0.272 e. The molecule has 0 aliphatic rings. The zero-order valence-corrected chi connectivity index (χ0v) is 21.2. The summed E-state index contributed by atoms with van der Waals surface area (Å²) in [5.41, 5.74) is 7.96. The molecule has 178 valence electrons. The van der Waals surface area contributed by atoms with E-state index in [-0.39, 0.29) is 17.1 Å². The van der Waals surface area contributed by atoms with E-state index < -0.39 is 0 Å². The van der Waals surface area contributed by atoms with Crippen LogP contribution >= 0.6 is 11.8 Å². The third kappa shape index (κ3) is 6.25. The highest BCUT2D eigenvalue weighted by Gasteiger charge is 2.17. The van der Waals surface area contributed by atoms with Crippen molar-refractivity contribution in [3.63, 3.8) is 0 Å². The monoisotopic (exact) mass is 483 g/mol. The first-order chi connectivity index (χ1) is 16.8. The highest BCUT2D eigenvalue weighted by Crippen LogP contribution is 2.28. The topological polar surface area (TPSA) is 72.2 Å². The molecule has 4 aromatic rings. The van der Waals surface area contributed by atoms with E-state index in [0.717, 1.165) is 22.6 Å². The maximum absolute atomic E-state index is 12.5. The number of hydrogen-bond donors (Lipinski definition) is 1. The zero-order valence-electron chi connectivity index (χ0n) is 20.4. The van der Waals surface area contributed by atoms with Crippen molar-refractivity contribution in [1.82, 2.24) is 20.2 Å². The quantitative estimate of drug-likeness (QED) is 0.205. The van der Waals surface area contributed by atoms with Gasteiger partial charge in [-0.05, 0) is 35.6 Å². The number of amides is 1. The van der Waals surface area contributed by atoms with Gasteiger partial charge in [-0.3, -0.25) is 9.36 Å². The van der Waals surface area contributed by atoms with Gasteiger partial charge in [0.15, 0.2) is 11.0 Å². The Morgan fingerprint density at radius 2 is 1.66 bits per heavy atom. The van der Waals surface area contributed by atoms with E-state index in [4.69, 9.17) is 0 Å². The van der Waals surface area contributed by atoms with Crippen LogP contribution in [0.4, 0.5) is 0 Å². The van der Waals surface area contributed by atoms with E-state index in [2.05, 4.69) is 60.6 Å². The lowest BCUT2D eigenvalue weighted by atomic mass is 9.87. The normalized spacial score (nSPS) is 11.7. The van der Waals surface area contributed by atoms with Crippen molar-refractivity contribution in [3.8, 4) is 17.1 Å². The number of carbonyl (C=O) groups is 1. The van der Waals surface area contributed by atoms with Crippen LogP contribution < -0.4 is 5.43 Å². The van der Waals surface area contributed by atoms with Crippen LogP contribution in [0.15, 0.2) is 89.1 Å². The first-order valence-corrected chi connectivity index (χ1v) is 12.4. The smallest absolute Gasteiger partial charge is 0.250 e. The summed E-state index contributed by atoms with van der Waals surface area (Å²) in [7, 11) is 0. The number of para-hydroxylation sites is 1. The average molecular weight is 484 g/mol. The van der Waals surface area contributed by atoms with Crippen LogP contribution in [-0.4, -0.2) is 32.6 Å². The van der Waals surface area contributed by atoms with Crippen LogP contribution in [0.3, 0.4) is 0 Å². The molecule has 0 fully saturated rings. The van der Waals surface area contributed by atoms with Gasteiger partial charge in [0.2, 0.25) is 0 Å². The summed E-state index contributed by atoms with van der Waals surface area (Å²) in [5, 5.41) is 13.6. The molecule has 1 amide bonds. The number of aromatic nitrogens is 3. The Kier molecular flexibility index (Phi) is 7.46. The number of thioether (sulfide) groups is 1. The molecule has 3 aromatic carbocycles. The molecule has 6 nitrogen and oxygen atoms in total. The summed E-state index contributed by atoms with van der Waals surface area (Å²) in [6.07, 6.45) is 1.65. The Bertz CT molecular complexity index is 1300. The second-order valence-corrected chi connectivity index (χ2v) is 10.2. The van der Waals surface area contributed by atoms with E-state index in [0.29, 0.717) is 5.16 Å². The fraction of sp³-hybridized carbons (Fsp3) is 0.214. The number of benzene rings is 3. The highest BCUT2D eigenvalue weighted by molar-refractivity contribution is 7.99. The third-order valence-electron chi connectivity index (χ3n) is 5.47. The molecule has 0 radical (unpaired) electrons. The number of rotatable bonds is 7. The minimum absolute atomic E-state index is 0.0980. The molecule has 0 bridgehead atoms. The lowest BCUT2D eigenvalue weighted by Crippen LogP contribution is -2.20. The Morgan fingerprint density at radius 3 is 2.31 bits per heavy atom. The van der Waals surface area contributed by atoms with Gasteiger partial charge >= 0.3 is 0 Å². The van der Waals surface area contributed by atoms with Crippen molar-refractivity contribution >= 4 is 23.9 Å². The number of aryl methyl sites for hydroxylation is 1. The van der Waals surface area contributed by atoms with Crippen LogP contribution in [-0.2, 0) is 10.2 Å².